The molecule has 0 radical (unpaired) electrons. The Morgan fingerprint density at radius 2 is 1.96 bits per heavy atom. The topological polar surface area (TPSA) is 53.7 Å². The van der Waals surface area contributed by atoms with E-state index in [0.29, 0.717) is 6.54 Å². The number of piperidine rings is 1. The standard InChI is InChI=1S/C21H25FN4O/c1-4-18-19(15-7-9-16(22)10-8-15)20-23-14(3)13(2)21(26(20)24-18)25-11-5-6-17(27)12-25/h7-10,17,27H,4-6,11-12H2,1-3H3. The summed E-state index contributed by atoms with van der Waals surface area (Å²) in [4.78, 5) is 7.05. The number of β-amino-alcohol motifs (C(OH)–C–C–N with tert-alkyl or cyclic N) is 1. The molecule has 27 heavy (non-hydrogen) atoms. The summed E-state index contributed by atoms with van der Waals surface area (Å²) < 4.78 is 15.3. The van der Waals surface area contributed by atoms with Crippen molar-refractivity contribution in [1.29, 1.82) is 0 Å². The van der Waals surface area contributed by atoms with Crippen LogP contribution in [0.3, 0.4) is 0 Å². The van der Waals surface area contributed by atoms with Crippen molar-refractivity contribution in [3.8, 4) is 11.1 Å². The van der Waals surface area contributed by atoms with Crippen LogP contribution in [-0.4, -0.2) is 38.9 Å². The van der Waals surface area contributed by atoms with E-state index in [9.17, 15) is 9.50 Å². The molecule has 6 heteroatoms. The van der Waals surface area contributed by atoms with E-state index < -0.39 is 0 Å². The van der Waals surface area contributed by atoms with Gasteiger partial charge in [-0.2, -0.15) is 9.61 Å². The number of aryl methyl sites for hydroxylation is 2. The summed E-state index contributed by atoms with van der Waals surface area (Å²) in [5, 5.41) is 15.0. The third-order valence-corrected chi connectivity index (χ3v) is 5.45. The first-order valence-electron chi connectivity index (χ1n) is 9.57. The Hall–Kier alpha value is -2.47. The lowest BCUT2D eigenvalue weighted by Crippen LogP contribution is -2.40. The maximum absolute atomic E-state index is 13.4. The number of fused-ring (bicyclic) bond motifs is 1. The van der Waals surface area contributed by atoms with Crippen LogP contribution in [0.4, 0.5) is 10.2 Å². The number of rotatable bonds is 3. The van der Waals surface area contributed by atoms with E-state index in [1.165, 1.54) is 12.1 Å². The van der Waals surface area contributed by atoms with Gasteiger partial charge >= 0.3 is 0 Å². The Balaban J connectivity index is 1.97. The second-order valence-corrected chi connectivity index (χ2v) is 7.31. The van der Waals surface area contributed by atoms with Crippen LogP contribution < -0.4 is 4.90 Å². The minimum absolute atomic E-state index is 0.253. The Bertz CT molecular complexity index is 980. The van der Waals surface area contributed by atoms with E-state index in [0.717, 1.165) is 65.4 Å². The third-order valence-electron chi connectivity index (χ3n) is 5.45. The molecule has 1 aliphatic heterocycles. The predicted octanol–water partition coefficient (Wildman–Crippen LogP) is 3.68. The second kappa shape index (κ2) is 6.93. The Labute approximate surface area is 158 Å². The van der Waals surface area contributed by atoms with Gasteiger partial charge in [0.05, 0.1) is 11.8 Å². The zero-order chi connectivity index (χ0) is 19.1. The molecule has 1 aliphatic rings. The van der Waals surface area contributed by atoms with Crippen molar-refractivity contribution < 1.29 is 9.50 Å². The van der Waals surface area contributed by atoms with Crippen molar-refractivity contribution in [2.45, 2.75) is 46.1 Å². The van der Waals surface area contributed by atoms with Crippen molar-refractivity contribution in [2.24, 2.45) is 0 Å². The Morgan fingerprint density at radius 3 is 2.63 bits per heavy atom. The van der Waals surface area contributed by atoms with Crippen molar-refractivity contribution in [3.05, 3.63) is 47.0 Å². The number of anilines is 1. The molecular weight excluding hydrogens is 343 g/mol. The molecule has 142 valence electrons. The molecule has 0 saturated carbocycles. The van der Waals surface area contributed by atoms with Crippen molar-refractivity contribution >= 4 is 11.5 Å². The molecular formula is C21H25FN4O. The summed E-state index contributed by atoms with van der Waals surface area (Å²) in [5.74, 6) is 0.746. The van der Waals surface area contributed by atoms with Crippen LogP contribution in [0.15, 0.2) is 24.3 Å². The molecule has 0 bridgehead atoms. The molecule has 1 atom stereocenters. The van der Waals surface area contributed by atoms with Crippen LogP contribution in [0.25, 0.3) is 16.8 Å². The molecule has 3 aromatic rings. The third kappa shape index (κ3) is 3.08. The molecule has 1 saturated heterocycles. The number of hydrogen-bond donors (Lipinski definition) is 1. The van der Waals surface area contributed by atoms with Crippen molar-refractivity contribution in [2.75, 3.05) is 18.0 Å². The molecule has 1 N–H and O–H groups in total. The largest absolute Gasteiger partial charge is 0.391 e. The Kier molecular flexibility index (Phi) is 4.60. The summed E-state index contributed by atoms with van der Waals surface area (Å²) >= 11 is 0. The number of aromatic nitrogens is 3. The highest BCUT2D eigenvalue weighted by Gasteiger charge is 2.25. The zero-order valence-electron chi connectivity index (χ0n) is 16.0. The van der Waals surface area contributed by atoms with Gasteiger partial charge in [0.2, 0.25) is 0 Å². The molecule has 1 fully saturated rings. The summed E-state index contributed by atoms with van der Waals surface area (Å²) in [6.45, 7) is 7.63. The first-order chi connectivity index (χ1) is 13.0. The van der Waals surface area contributed by atoms with E-state index >= 15 is 0 Å². The van der Waals surface area contributed by atoms with Gasteiger partial charge in [-0.1, -0.05) is 19.1 Å². The van der Waals surface area contributed by atoms with Gasteiger partial charge in [-0.05, 0) is 50.8 Å². The van der Waals surface area contributed by atoms with E-state index in [1.54, 1.807) is 12.1 Å². The molecule has 4 rings (SSSR count). The van der Waals surface area contributed by atoms with Gasteiger partial charge in [0.15, 0.2) is 5.65 Å². The van der Waals surface area contributed by atoms with Gasteiger partial charge in [0, 0.05) is 29.9 Å². The average Bonchev–Trinajstić information content (AvgIpc) is 3.01. The maximum atomic E-state index is 13.4. The monoisotopic (exact) mass is 368 g/mol. The molecule has 1 unspecified atom stereocenters. The number of halogens is 1. The second-order valence-electron chi connectivity index (χ2n) is 7.31. The number of nitrogens with zero attached hydrogens (tertiary/aromatic N) is 4. The van der Waals surface area contributed by atoms with Crippen molar-refractivity contribution in [3.63, 3.8) is 0 Å². The van der Waals surface area contributed by atoms with Crippen LogP contribution in [0.1, 0.15) is 36.7 Å². The van der Waals surface area contributed by atoms with Gasteiger partial charge in [-0.3, -0.25) is 0 Å². The minimum atomic E-state index is -0.320. The lowest BCUT2D eigenvalue weighted by Gasteiger charge is -2.33. The smallest absolute Gasteiger partial charge is 0.165 e. The zero-order valence-corrected chi connectivity index (χ0v) is 16.0. The van der Waals surface area contributed by atoms with Crippen LogP contribution >= 0.6 is 0 Å². The van der Waals surface area contributed by atoms with E-state index in [1.807, 2.05) is 11.4 Å². The van der Waals surface area contributed by atoms with Crippen LogP contribution in [-0.2, 0) is 6.42 Å². The highest BCUT2D eigenvalue weighted by atomic mass is 19.1. The lowest BCUT2D eigenvalue weighted by atomic mass is 10.0. The molecule has 5 nitrogen and oxygen atoms in total. The van der Waals surface area contributed by atoms with Crippen LogP contribution in [0.2, 0.25) is 0 Å². The van der Waals surface area contributed by atoms with Gasteiger partial charge < -0.3 is 10.0 Å². The SMILES string of the molecule is CCc1nn2c(N3CCCC(O)C3)c(C)c(C)nc2c1-c1ccc(F)cc1. The van der Waals surface area contributed by atoms with Crippen LogP contribution in [0, 0.1) is 19.7 Å². The summed E-state index contributed by atoms with van der Waals surface area (Å²) in [5.41, 5.74) is 5.63. The summed E-state index contributed by atoms with van der Waals surface area (Å²) in [6, 6.07) is 6.52. The van der Waals surface area contributed by atoms with E-state index in [2.05, 4.69) is 18.7 Å². The highest BCUT2D eigenvalue weighted by Crippen LogP contribution is 2.33. The van der Waals surface area contributed by atoms with Gasteiger partial charge in [-0.15, -0.1) is 0 Å². The highest BCUT2D eigenvalue weighted by molar-refractivity contribution is 5.81. The maximum Gasteiger partial charge on any atom is 0.165 e. The predicted molar refractivity (Wildman–Crippen MR) is 105 cm³/mol. The number of aliphatic hydroxyl groups excluding tert-OH is 1. The fourth-order valence-corrected chi connectivity index (χ4v) is 3.95. The quantitative estimate of drug-likeness (QED) is 0.766. The lowest BCUT2D eigenvalue weighted by molar-refractivity contribution is 0.153. The van der Waals surface area contributed by atoms with Gasteiger partial charge in [0.25, 0.3) is 0 Å². The normalized spacial score (nSPS) is 17.7. The molecule has 2 aromatic heterocycles. The molecule has 3 heterocycles. The van der Waals surface area contributed by atoms with Crippen molar-refractivity contribution in [1.82, 2.24) is 14.6 Å². The molecule has 1 aromatic carbocycles. The van der Waals surface area contributed by atoms with Crippen LogP contribution in [0.5, 0.6) is 0 Å². The fourth-order valence-electron chi connectivity index (χ4n) is 3.95. The summed E-state index contributed by atoms with van der Waals surface area (Å²) in [6.07, 6.45) is 2.23. The molecule has 0 spiro atoms. The number of aliphatic hydroxyl groups is 1. The first kappa shape index (κ1) is 17.9. The van der Waals surface area contributed by atoms with Gasteiger partial charge in [0.1, 0.15) is 11.6 Å². The summed E-state index contributed by atoms with van der Waals surface area (Å²) in [7, 11) is 0. The fraction of sp³-hybridized carbons (Fsp3) is 0.429. The van der Waals surface area contributed by atoms with E-state index in [-0.39, 0.29) is 11.9 Å². The van der Waals surface area contributed by atoms with Gasteiger partial charge in [-0.25, -0.2) is 9.37 Å². The Morgan fingerprint density at radius 1 is 1.22 bits per heavy atom. The average molecular weight is 368 g/mol. The number of hydrogen-bond acceptors (Lipinski definition) is 4. The number of benzene rings is 1. The van der Waals surface area contributed by atoms with E-state index in [4.69, 9.17) is 10.1 Å². The molecule has 0 aliphatic carbocycles. The first-order valence-corrected chi connectivity index (χ1v) is 9.57. The molecule has 0 amide bonds. The minimum Gasteiger partial charge on any atom is -0.391 e.